The van der Waals surface area contributed by atoms with Crippen molar-refractivity contribution in [3.05, 3.63) is 258 Å². The highest BCUT2D eigenvalue weighted by Crippen LogP contribution is 2.65. The number of hydrogen-bond acceptors (Lipinski definition) is 2. The molecule has 1 aromatic heterocycles. The number of nitrogens with zero attached hydrogens (tertiary/aromatic N) is 1. The summed E-state index contributed by atoms with van der Waals surface area (Å²) in [6.45, 7) is 4.72. The van der Waals surface area contributed by atoms with Crippen molar-refractivity contribution < 1.29 is 4.42 Å². The van der Waals surface area contributed by atoms with Gasteiger partial charge in [-0.15, -0.1) is 0 Å². The predicted molar refractivity (Wildman–Crippen MR) is 273 cm³/mol. The summed E-state index contributed by atoms with van der Waals surface area (Å²) in [6, 6.07) is 82.9. The van der Waals surface area contributed by atoms with Gasteiger partial charge < -0.3 is 9.32 Å². The van der Waals surface area contributed by atoms with Gasteiger partial charge in [0, 0.05) is 38.8 Å². The van der Waals surface area contributed by atoms with E-state index < -0.39 is 5.41 Å². The van der Waals surface area contributed by atoms with E-state index >= 15 is 0 Å². The molecule has 11 aromatic rings. The van der Waals surface area contributed by atoms with Gasteiger partial charge in [-0.25, -0.2) is 0 Å². The van der Waals surface area contributed by atoms with Gasteiger partial charge in [0.2, 0.25) is 0 Å². The molecule has 3 aliphatic rings. The Morgan fingerprint density at radius 1 is 0.333 bits per heavy atom. The van der Waals surface area contributed by atoms with Crippen molar-refractivity contribution in [1.29, 1.82) is 0 Å². The first kappa shape index (κ1) is 37.2. The number of anilines is 3. The Morgan fingerprint density at radius 2 is 0.818 bits per heavy atom. The molecule has 310 valence electrons. The number of benzene rings is 10. The summed E-state index contributed by atoms with van der Waals surface area (Å²) in [4.78, 5) is 2.43. The van der Waals surface area contributed by atoms with Gasteiger partial charge in [0.05, 0.1) is 5.41 Å². The SMILES string of the molecule is CC1(C)c2ccccc2-c2ccc(N(c3ccc(-c4ccccc4)cc3)c3ccc4oc5cc6c(c(-c7ccccc7)c5c4c3)-c3ccccc3C63c4ccccc4-c4ccccc43)cc21. The topological polar surface area (TPSA) is 16.4 Å². The highest BCUT2D eigenvalue weighted by Gasteiger charge is 2.52. The van der Waals surface area contributed by atoms with Gasteiger partial charge in [-0.05, 0) is 132 Å². The third-order valence-electron chi connectivity index (χ3n) is 15.1. The van der Waals surface area contributed by atoms with Gasteiger partial charge in [-0.3, -0.25) is 0 Å². The molecule has 14 rings (SSSR count). The lowest BCUT2D eigenvalue weighted by Gasteiger charge is -2.30. The molecule has 10 aromatic carbocycles. The Balaban J connectivity index is 1.04. The lowest BCUT2D eigenvalue weighted by Crippen LogP contribution is -2.25. The second kappa shape index (κ2) is 13.7. The standard InChI is InChI=1S/C64H43NO/c1-63(2)52-25-13-9-21-46(52)49-35-33-45(38-56(49)63)65(43-31-29-41(30-32-43)40-17-5-3-6-18-40)44-34-36-58-51(37-44)62-59(66-58)39-57-61(60(62)42-19-7-4-8-20-42)50-24-12-16-28-55(50)64(57)53-26-14-10-22-47(53)48-23-11-15-27-54(48)64/h3-39H,1-2H3. The summed E-state index contributed by atoms with van der Waals surface area (Å²) in [6.07, 6.45) is 0. The molecule has 66 heavy (non-hydrogen) atoms. The van der Waals surface area contributed by atoms with Crippen molar-refractivity contribution in [2.24, 2.45) is 0 Å². The van der Waals surface area contributed by atoms with E-state index in [0.29, 0.717) is 0 Å². The summed E-state index contributed by atoms with van der Waals surface area (Å²) in [7, 11) is 0. The van der Waals surface area contributed by atoms with E-state index in [0.717, 1.165) is 39.0 Å². The van der Waals surface area contributed by atoms with Crippen molar-refractivity contribution in [2.75, 3.05) is 4.90 Å². The van der Waals surface area contributed by atoms with Crippen LogP contribution in [0.2, 0.25) is 0 Å². The molecule has 2 nitrogen and oxygen atoms in total. The summed E-state index contributed by atoms with van der Waals surface area (Å²) >= 11 is 0. The fraction of sp³-hybridized carbons (Fsp3) is 0.0625. The van der Waals surface area contributed by atoms with Crippen LogP contribution in [0.3, 0.4) is 0 Å². The van der Waals surface area contributed by atoms with E-state index in [1.54, 1.807) is 0 Å². The smallest absolute Gasteiger partial charge is 0.136 e. The number of furan rings is 1. The molecule has 0 fully saturated rings. The molecule has 0 saturated carbocycles. The molecule has 0 radical (unpaired) electrons. The Morgan fingerprint density at radius 3 is 1.48 bits per heavy atom. The molecule has 1 spiro atoms. The average Bonchev–Trinajstić information content (AvgIpc) is 4.06. The maximum atomic E-state index is 7.13. The number of hydrogen-bond donors (Lipinski definition) is 0. The zero-order valence-electron chi connectivity index (χ0n) is 36.7. The molecule has 0 aliphatic heterocycles. The highest BCUT2D eigenvalue weighted by atomic mass is 16.3. The fourth-order valence-electron chi connectivity index (χ4n) is 12.2. The van der Waals surface area contributed by atoms with Gasteiger partial charge in [0.15, 0.2) is 0 Å². The Kier molecular flexibility index (Phi) is 7.70. The number of fused-ring (bicyclic) bond motifs is 16. The van der Waals surface area contributed by atoms with Crippen molar-refractivity contribution in [1.82, 2.24) is 0 Å². The van der Waals surface area contributed by atoms with Crippen LogP contribution in [0.4, 0.5) is 17.1 Å². The molecule has 0 N–H and O–H groups in total. The predicted octanol–water partition coefficient (Wildman–Crippen LogP) is 17.0. The third kappa shape index (κ3) is 4.96. The van der Waals surface area contributed by atoms with E-state index in [9.17, 15) is 0 Å². The van der Waals surface area contributed by atoms with Crippen LogP contribution in [0.25, 0.3) is 77.6 Å². The van der Waals surface area contributed by atoms with Crippen LogP contribution in [-0.2, 0) is 10.8 Å². The molecule has 0 atom stereocenters. The normalized spacial score (nSPS) is 14.2. The summed E-state index contributed by atoms with van der Waals surface area (Å²) in [5, 5.41) is 2.22. The van der Waals surface area contributed by atoms with Gasteiger partial charge in [-0.2, -0.15) is 0 Å². The molecule has 0 saturated heterocycles. The van der Waals surface area contributed by atoms with Crippen LogP contribution in [0, 0.1) is 0 Å². The maximum Gasteiger partial charge on any atom is 0.136 e. The van der Waals surface area contributed by atoms with Crippen molar-refractivity contribution in [3.8, 4) is 55.6 Å². The van der Waals surface area contributed by atoms with Crippen LogP contribution in [0.1, 0.15) is 47.2 Å². The lowest BCUT2D eigenvalue weighted by molar-refractivity contribution is 0.660. The highest BCUT2D eigenvalue weighted by molar-refractivity contribution is 6.19. The Labute approximate surface area is 384 Å². The van der Waals surface area contributed by atoms with Crippen LogP contribution in [0.15, 0.2) is 229 Å². The van der Waals surface area contributed by atoms with Gasteiger partial charge >= 0.3 is 0 Å². The Bertz CT molecular complexity index is 3740. The second-order valence-electron chi connectivity index (χ2n) is 18.7. The first-order chi connectivity index (χ1) is 32.5. The first-order valence-corrected chi connectivity index (χ1v) is 23.1. The fourth-order valence-corrected chi connectivity index (χ4v) is 12.2. The molecule has 3 aliphatic carbocycles. The minimum absolute atomic E-state index is 0.144. The first-order valence-electron chi connectivity index (χ1n) is 23.1. The largest absolute Gasteiger partial charge is 0.456 e. The van der Waals surface area contributed by atoms with Crippen LogP contribution >= 0.6 is 0 Å². The van der Waals surface area contributed by atoms with Crippen molar-refractivity contribution in [2.45, 2.75) is 24.7 Å². The van der Waals surface area contributed by atoms with Gasteiger partial charge in [0.25, 0.3) is 0 Å². The molecule has 0 unspecified atom stereocenters. The van der Waals surface area contributed by atoms with Crippen LogP contribution in [0.5, 0.6) is 0 Å². The molecule has 1 heterocycles. The van der Waals surface area contributed by atoms with Crippen molar-refractivity contribution in [3.63, 3.8) is 0 Å². The third-order valence-corrected chi connectivity index (χ3v) is 15.1. The monoisotopic (exact) mass is 841 g/mol. The number of rotatable bonds is 5. The Hall–Kier alpha value is -8.20. The second-order valence-corrected chi connectivity index (χ2v) is 18.7. The molecule has 2 heteroatoms. The molecular formula is C64H43NO. The maximum absolute atomic E-state index is 7.13. The summed E-state index contributed by atoms with van der Waals surface area (Å²) < 4.78 is 7.13. The van der Waals surface area contributed by atoms with E-state index in [1.807, 2.05) is 0 Å². The minimum atomic E-state index is -0.495. The zero-order chi connectivity index (χ0) is 43.7. The molecule has 0 amide bonds. The van der Waals surface area contributed by atoms with E-state index in [1.165, 1.54) is 89.0 Å². The molecular weight excluding hydrogens is 799 g/mol. The van der Waals surface area contributed by atoms with Gasteiger partial charge in [0.1, 0.15) is 11.2 Å². The lowest BCUT2D eigenvalue weighted by atomic mass is 9.70. The van der Waals surface area contributed by atoms with E-state index in [-0.39, 0.29) is 5.41 Å². The average molecular weight is 842 g/mol. The zero-order valence-corrected chi connectivity index (χ0v) is 36.7. The summed E-state index contributed by atoms with van der Waals surface area (Å²) in [5.74, 6) is 0. The minimum Gasteiger partial charge on any atom is -0.456 e. The quantitative estimate of drug-likeness (QED) is 0.172. The summed E-state index contributed by atoms with van der Waals surface area (Å²) in [5.41, 5.74) is 24.9. The molecule has 0 bridgehead atoms. The van der Waals surface area contributed by atoms with Crippen LogP contribution < -0.4 is 4.90 Å². The van der Waals surface area contributed by atoms with E-state index in [4.69, 9.17) is 4.42 Å². The van der Waals surface area contributed by atoms with Crippen LogP contribution in [-0.4, -0.2) is 0 Å². The van der Waals surface area contributed by atoms with Gasteiger partial charge in [-0.1, -0.05) is 190 Å². The van der Waals surface area contributed by atoms with E-state index in [2.05, 4.69) is 243 Å². The van der Waals surface area contributed by atoms with Crippen molar-refractivity contribution >= 4 is 39.0 Å².